The number of alkyl halides is 3. The molecule has 0 saturated carbocycles. The van der Waals surface area contributed by atoms with E-state index in [-0.39, 0.29) is 12.6 Å². The van der Waals surface area contributed by atoms with Gasteiger partial charge in [-0.3, -0.25) is 4.79 Å². The van der Waals surface area contributed by atoms with Crippen molar-refractivity contribution in [2.24, 2.45) is 0 Å². The third-order valence-corrected chi connectivity index (χ3v) is 3.37. The highest BCUT2D eigenvalue weighted by Crippen LogP contribution is 2.23. The van der Waals surface area contributed by atoms with Crippen molar-refractivity contribution in [3.8, 4) is 0 Å². The Labute approximate surface area is 83.3 Å². The molecule has 0 saturated heterocycles. The van der Waals surface area contributed by atoms with Crippen LogP contribution in [-0.2, 0) is 9.53 Å². The van der Waals surface area contributed by atoms with Gasteiger partial charge in [0.1, 0.15) is 6.61 Å². The number of hydrogen-bond acceptors (Lipinski definition) is 2. The van der Waals surface area contributed by atoms with Crippen molar-refractivity contribution in [2.45, 2.75) is 11.3 Å². The van der Waals surface area contributed by atoms with Gasteiger partial charge in [0, 0.05) is 11.4 Å². The van der Waals surface area contributed by atoms with Crippen LogP contribution in [0.3, 0.4) is 0 Å². The molecule has 0 aliphatic rings. The van der Waals surface area contributed by atoms with Crippen molar-refractivity contribution in [1.82, 2.24) is 0 Å². The third kappa shape index (κ3) is 5.56. The number of carbonyl (C=O) groups excluding carboxylic acids is 1. The van der Waals surface area contributed by atoms with Crippen LogP contribution in [0.4, 0.5) is 0 Å². The molecule has 0 aromatic heterocycles. The van der Waals surface area contributed by atoms with Crippen molar-refractivity contribution < 1.29 is 9.53 Å². The van der Waals surface area contributed by atoms with Crippen LogP contribution in [-0.4, -0.2) is 21.3 Å². The molecule has 60 valence electrons. The maximum absolute atomic E-state index is 10.3. The second kappa shape index (κ2) is 4.62. The summed E-state index contributed by atoms with van der Waals surface area (Å²) in [6.45, 7) is 1.37. The minimum absolute atomic E-state index is 0.0500. The van der Waals surface area contributed by atoms with E-state index in [1.165, 1.54) is 6.92 Å². The quantitative estimate of drug-likeness (QED) is 0.453. The van der Waals surface area contributed by atoms with Gasteiger partial charge in [-0.1, -0.05) is 45.8 Å². The minimum Gasteiger partial charge on any atom is -0.463 e. The van der Waals surface area contributed by atoms with E-state index in [1.54, 1.807) is 0 Å². The topological polar surface area (TPSA) is 26.3 Å². The molecule has 0 N–H and O–H groups in total. The Bertz CT molecular complexity index is 127. The van der Waals surface area contributed by atoms with Crippen LogP contribution in [0, 0.1) is 0 Å². The summed E-state index contributed by atoms with van der Waals surface area (Å²) in [5.74, 6) is -0.365. The minimum atomic E-state index is -0.938. The van der Waals surface area contributed by atoms with Gasteiger partial charge < -0.3 is 4.74 Å². The van der Waals surface area contributed by atoms with E-state index in [4.69, 9.17) is 23.2 Å². The Morgan fingerprint density at radius 2 is 2.20 bits per heavy atom. The molecule has 0 aliphatic carbocycles. The number of halogens is 3. The number of hydrogen-bond donors (Lipinski definition) is 0. The Morgan fingerprint density at radius 1 is 1.70 bits per heavy atom. The van der Waals surface area contributed by atoms with E-state index in [9.17, 15) is 4.79 Å². The van der Waals surface area contributed by atoms with E-state index in [2.05, 4.69) is 4.74 Å². The summed E-state index contributed by atoms with van der Waals surface area (Å²) in [6.07, 6.45) is 0. The Hall–Kier alpha value is 0.780. The molecule has 0 aromatic carbocycles. The van der Waals surface area contributed by atoms with Gasteiger partial charge in [-0.2, -0.15) is 0 Å². The summed E-state index contributed by atoms with van der Waals surface area (Å²) in [4.78, 5) is 10.3. The van der Waals surface area contributed by atoms with E-state index in [1.807, 2.05) is 22.6 Å². The van der Waals surface area contributed by atoms with Gasteiger partial charge >= 0.3 is 5.97 Å². The SMILES string of the molecule is CC(=O)OCC(Cl)(Cl)CI. The van der Waals surface area contributed by atoms with Gasteiger partial charge in [0.25, 0.3) is 0 Å². The van der Waals surface area contributed by atoms with Crippen molar-refractivity contribution >= 4 is 51.8 Å². The van der Waals surface area contributed by atoms with Crippen molar-refractivity contribution in [3.05, 3.63) is 0 Å². The van der Waals surface area contributed by atoms with Crippen LogP contribution in [0.25, 0.3) is 0 Å². The lowest BCUT2D eigenvalue weighted by molar-refractivity contribution is -0.141. The Morgan fingerprint density at radius 3 is 2.50 bits per heavy atom. The first-order valence-corrected chi connectivity index (χ1v) is 4.83. The Kier molecular flexibility index (Phi) is 4.98. The molecule has 0 unspecified atom stereocenters. The maximum Gasteiger partial charge on any atom is 0.302 e. The monoisotopic (exact) mass is 296 g/mol. The van der Waals surface area contributed by atoms with Crippen LogP contribution in [0.15, 0.2) is 0 Å². The van der Waals surface area contributed by atoms with Crippen LogP contribution in [0.2, 0.25) is 0 Å². The average Bonchev–Trinajstić information content (AvgIpc) is 1.85. The summed E-state index contributed by atoms with van der Waals surface area (Å²) in [7, 11) is 0. The standard InChI is InChI=1S/C5H7Cl2IO2/c1-4(9)10-3-5(6,7)2-8/h2-3H2,1H3. The van der Waals surface area contributed by atoms with Crippen LogP contribution in [0.5, 0.6) is 0 Å². The fraction of sp³-hybridized carbons (Fsp3) is 0.800. The first kappa shape index (κ1) is 10.8. The molecule has 0 aliphatic heterocycles. The van der Waals surface area contributed by atoms with Crippen LogP contribution in [0.1, 0.15) is 6.92 Å². The molecule has 0 bridgehead atoms. The van der Waals surface area contributed by atoms with E-state index >= 15 is 0 Å². The maximum atomic E-state index is 10.3. The lowest BCUT2D eigenvalue weighted by Crippen LogP contribution is -2.23. The van der Waals surface area contributed by atoms with E-state index in [0.717, 1.165) is 0 Å². The second-order valence-corrected chi connectivity index (χ2v) is 4.17. The largest absolute Gasteiger partial charge is 0.463 e. The zero-order valence-electron chi connectivity index (χ0n) is 5.36. The summed E-state index contributed by atoms with van der Waals surface area (Å²) in [5, 5.41) is 0. The fourth-order valence-corrected chi connectivity index (χ4v) is 0.575. The first-order valence-electron chi connectivity index (χ1n) is 2.55. The summed E-state index contributed by atoms with van der Waals surface area (Å²) < 4.78 is 4.18. The van der Waals surface area contributed by atoms with Gasteiger partial charge in [-0.05, 0) is 0 Å². The predicted octanol–water partition coefficient (Wildman–Crippen LogP) is 2.16. The highest BCUT2D eigenvalue weighted by molar-refractivity contribution is 14.1. The third-order valence-electron chi connectivity index (χ3n) is 0.682. The number of esters is 1. The summed E-state index contributed by atoms with van der Waals surface area (Å²) >= 11 is 13.3. The highest BCUT2D eigenvalue weighted by Gasteiger charge is 2.23. The summed E-state index contributed by atoms with van der Waals surface area (Å²) in [5.41, 5.74) is 0. The van der Waals surface area contributed by atoms with Crippen molar-refractivity contribution in [3.63, 3.8) is 0 Å². The van der Waals surface area contributed by atoms with Gasteiger partial charge in [0.15, 0.2) is 4.33 Å². The van der Waals surface area contributed by atoms with Crippen molar-refractivity contribution in [2.75, 3.05) is 11.0 Å². The van der Waals surface area contributed by atoms with Gasteiger partial charge in [0.05, 0.1) is 0 Å². The zero-order chi connectivity index (χ0) is 8.20. The normalized spacial score (nSPS) is 11.2. The van der Waals surface area contributed by atoms with Crippen molar-refractivity contribution in [1.29, 1.82) is 0 Å². The second-order valence-electron chi connectivity index (χ2n) is 1.77. The molecule has 0 amide bonds. The molecule has 5 heteroatoms. The molecular formula is C5H7Cl2IO2. The van der Waals surface area contributed by atoms with E-state index < -0.39 is 4.33 Å². The predicted molar refractivity (Wildman–Crippen MR) is 50.0 cm³/mol. The van der Waals surface area contributed by atoms with Crippen LogP contribution >= 0.6 is 45.8 Å². The molecular weight excluding hydrogens is 290 g/mol. The molecule has 0 radical (unpaired) electrons. The molecule has 0 spiro atoms. The molecule has 0 aromatic rings. The molecule has 0 rings (SSSR count). The molecule has 0 atom stereocenters. The van der Waals surface area contributed by atoms with Gasteiger partial charge in [-0.25, -0.2) is 0 Å². The number of rotatable bonds is 3. The van der Waals surface area contributed by atoms with Gasteiger partial charge in [-0.15, -0.1) is 0 Å². The molecule has 2 nitrogen and oxygen atoms in total. The molecule has 0 fully saturated rings. The lowest BCUT2D eigenvalue weighted by Gasteiger charge is -2.14. The number of ether oxygens (including phenoxy) is 1. The fourth-order valence-electron chi connectivity index (χ4n) is 0.246. The molecule has 10 heavy (non-hydrogen) atoms. The van der Waals surface area contributed by atoms with E-state index in [0.29, 0.717) is 4.43 Å². The summed E-state index contributed by atoms with van der Waals surface area (Å²) in [6, 6.07) is 0. The zero-order valence-corrected chi connectivity index (χ0v) is 9.03. The highest BCUT2D eigenvalue weighted by atomic mass is 127. The first-order chi connectivity index (χ1) is 4.48. The Balaban J connectivity index is 3.56. The lowest BCUT2D eigenvalue weighted by atomic mass is 10.5. The molecule has 0 heterocycles. The smallest absolute Gasteiger partial charge is 0.302 e. The number of carbonyl (C=O) groups is 1. The van der Waals surface area contributed by atoms with Crippen LogP contribution < -0.4 is 0 Å². The average molecular weight is 297 g/mol. The van der Waals surface area contributed by atoms with Gasteiger partial charge in [0.2, 0.25) is 0 Å².